The van der Waals surface area contributed by atoms with Crippen molar-refractivity contribution in [3.63, 3.8) is 0 Å². The van der Waals surface area contributed by atoms with Crippen LogP contribution in [0.15, 0.2) is 18.5 Å². The summed E-state index contributed by atoms with van der Waals surface area (Å²) in [6.07, 6.45) is 4.45. The number of carbonyl (C=O) groups is 2. The first-order chi connectivity index (χ1) is 11.2. The molecule has 7 heteroatoms. The van der Waals surface area contributed by atoms with Crippen LogP contribution in [0, 0.1) is 0 Å². The molecule has 3 rings (SSSR count). The monoisotopic (exact) mass is 329 g/mol. The van der Waals surface area contributed by atoms with Crippen LogP contribution in [0.2, 0.25) is 0 Å². The Hall–Kier alpha value is -2.57. The summed E-state index contributed by atoms with van der Waals surface area (Å²) in [5.41, 5.74) is 7.99. The van der Waals surface area contributed by atoms with E-state index < -0.39 is 5.91 Å². The summed E-state index contributed by atoms with van der Waals surface area (Å²) in [5, 5.41) is 4.19. The molecule has 2 N–H and O–H groups in total. The first-order valence-electron chi connectivity index (χ1n) is 8.01. The van der Waals surface area contributed by atoms with Crippen LogP contribution in [0.1, 0.15) is 52.9 Å². The minimum absolute atomic E-state index is 0.0390. The zero-order valence-electron chi connectivity index (χ0n) is 14.5. The Morgan fingerprint density at radius 3 is 2.58 bits per heavy atom. The number of nitrogens with zero attached hydrogens (tertiary/aromatic N) is 4. The van der Waals surface area contributed by atoms with E-state index in [1.54, 1.807) is 16.6 Å². The summed E-state index contributed by atoms with van der Waals surface area (Å²) >= 11 is 0. The van der Waals surface area contributed by atoms with E-state index in [0.29, 0.717) is 25.1 Å². The van der Waals surface area contributed by atoms with Crippen LogP contribution in [0.5, 0.6) is 0 Å². The molecule has 2 aromatic heterocycles. The molecular formula is C17H23N5O2. The Kier molecular flexibility index (Phi) is 3.74. The quantitative estimate of drug-likeness (QED) is 0.900. The van der Waals surface area contributed by atoms with Crippen molar-refractivity contribution in [3.05, 3.63) is 41.0 Å². The van der Waals surface area contributed by atoms with E-state index in [2.05, 4.69) is 25.9 Å². The average molecular weight is 329 g/mol. The Morgan fingerprint density at radius 1 is 1.29 bits per heavy atom. The molecular weight excluding hydrogens is 306 g/mol. The van der Waals surface area contributed by atoms with E-state index in [4.69, 9.17) is 5.73 Å². The summed E-state index contributed by atoms with van der Waals surface area (Å²) in [6, 6.07) is 1.83. The second kappa shape index (κ2) is 5.51. The van der Waals surface area contributed by atoms with E-state index in [-0.39, 0.29) is 17.1 Å². The largest absolute Gasteiger partial charge is 0.364 e. The van der Waals surface area contributed by atoms with Gasteiger partial charge in [0.1, 0.15) is 0 Å². The van der Waals surface area contributed by atoms with Crippen molar-refractivity contribution in [2.75, 3.05) is 6.54 Å². The van der Waals surface area contributed by atoms with Crippen LogP contribution < -0.4 is 5.73 Å². The van der Waals surface area contributed by atoms with Gasteiger partial charge < -0.3 is 15.2 Å². The highest BCUT2D eigenvalue weighted by molar-refractivity contribution is 5.95. The van der Waals surface area contributed by atoms with Gasteiger partial charge in [-0.3, -0.25) is 14.3 Å². The maximum Gasteiger partial charge on any atom is 0.269 e. The van der Waals surface area contributed by atoms with Crippen molar-refractivity contribution in [3.8, 4) is 0 Å². The maximum atomic E-state index is 12.8. The summed E-state index contributed by atoms with van der Waals surface area (Å²) in [4.78, 5) is 26.1. The maximum absolute atomic E-state index is 12.8. The fourth-order valence-electron chi connectivity index (χ4n) is 3.09. The van der Waals surface area contributed by atoms with Crippen LogP contribution in [0.25, 0.3) is 0 Å². The lowest BCUT2D eigenvalue weighted by Gasteiger charge is -2.27. The van der Waals surface area contributed by atoms with Gasteiger partial charge in [0, 0.05) is 49.2 Å². The van der Waals surface area contributed by atoms with Gasteiger partial charge >= 0.3 is 0 Å². The number of hydrogen-bond acceptors (Lipinski definition) is 3. The molecule has 0 radical (unpaired) electrons. The summed E-state index contributed by atoms with van der Waals surface area (Å²) < 4.78 is 3.71. The molecule has 2 amide bonds. The number of aromatic nitrogens is 3. The third-order valence-electron chi connectivity index (χ3n) is 4.48. The summed E-state index contributed by atoms with van der Waals surface area (Å²) in [6.45, 7) is 7.22. The number of aryl methyl sites for hydroxylation is 1. The molecule has 128 valence electrons. The minimum atomic E-state index is -0.556. The number of amides is 2. The first kappa shape index (κ1) is 16.3. The number of fused-ring (bicyclic) bond motifs is 1. The van der Waals surface area contributed by atoms with Gasteiger partial charge in [-0.25, -0.2) is 0 Å². The highest BCUT2D eigenvalue weighted by Crippen LogP contribution is 2.24. The molecule has 1 aliphatic heterocycles. The zero-order valence-corrected chi connectivity index (χ0v) is 14.5. The lowest BCUT2D eigenvalue weighted by molar-refractivity contribution is 0.0731. The van der Waals surface area contributed by atoms with Crippen molar-refractivity contribution >= 4 is 11.8 Å². The van der Waals surface area contributed by atoms with Crippen LogP contribution in [-0.4, -0.2) is 37.6 Å². The third kappa shape index (κ3) is 2.70. The normalized spacial score (nSPS) is 14.6. The van der Waals surface area contributed by atoms with Gasteiger partial charge in [0.05, 0.1) is 12.1 Å². The van der Waals surface area contributed by atoms with Gasteiger partial charge in [0.25, 0.3) is 11.8 Å². The van der Waals surface area contributed by atoms with Gasteiger partial charge in [0.2, 0.25) is 0 Å². The van der Waals surface area contributed by atoms with Crippen LogP contribution in [-0.2, 0) is 25.6 Å². The summed E-state index contributed by atoms with van der Waals surface area (Å²) in [7, 11) is 1.80. The SMILES string of the molecule is Cn1nc(C(N)=O)c2c1CCN(C(=O)c1ccn(C(C)(C)C)c1)C2. The topological polar surface area (TPSA) is 86.2 Å². The zero-order chi connectivity index (χ0) is 17.6. The van der Waals surface area contributed by atoms with Crippen molar-refractivity contribution in [2.45, 2.75) is 39.3 Å². The first-order valence-corrected chi connectivity index (χ1v) is 8.01. The third-order valence-corrected chi connectivity index (χ3v) is 4.48. The second-order valence-electron chi connectivity index (χ2n) is 7.22. The van der Waals surface area contributed by atoms with Gasteiger partial charge in [-0.2, -0.15) is 5.10 Å². The second-order valence-corrected chi connectivity index (χ2v) is 7.22. The van der Waals surface area contributed by atoms with E-state index in [1.807, 2.05) is 23.0 Å². The van der Waals surface area contributed by atoms with Crippen molar-refractivity contribution in [2.24, 2.45) is 12.8 Å². The molecule has 0 bridgehead atoms. The number of rotatable bonds is 2. The molecule has 0 saturated carbocycles. The molecule has 2 aromatic rings. The summed E-state index contributed by atoms with van der Waals surface area (Å²) in [5.74, 6) is -0.594. The number of primary amides is 1. The molecule has 1 aliphatic rings. The Balaban J connectivity index is 1.86. The van der Waals surface area contributed by atoms with E-state index in [1.165, 1.54) is 0 Å². The molecule has 0 unspecified atom stereocenters. The Morgan fingerprint density at radius 2 is 2.00 bits per heavy atom. The molecule has 0 aliphatic carbocycles. The van der Waals surface area contributed by atoms with E-state index in [9.17, 15) is 9.59 Å². The fraction of sp³-hybridized carbons (Fsp3) is 0.471. The molecule has 7 nitrogen and oxygen atoms in total. The molecule has 0 aromatic carbocycles. The fourth-order valence-corrected chi connectivity index (χ4v) is 3.09. The van der Waals surface area contributed by atoms with Crippen LogP contribution in [0.4, 0.5) is 0 Å². The van der Waals surface area contributed by atoms with Gasteiger partial charge in [-0.15, -0.1) is 0 Å². The molecule has 0 fully saturated rings. The lowest BCUT2D eigenvalue weighted by Crippen LogP contribution is -2.36. The van der Waals surface area contributed by atoms with Gasteiger partial charge in [0.15, 0.2) is 5.69 Å². The molecule has 3 heterocycles. The Labute approximate surface area is 141 Å². The van der Waals surface area contributed by atoms with Crippen molar-refractivity contribution < 1.29 is 9.59 Å². The molecule has 0 atom stereocenters. The predicted octanol–water partition coefficient (Wildman–Crippen LogP) is 1.27. The number of nitrogens with two attached hydrogens (primary N) is 1. The minimum Gasteiger partial charge on any atom is -0.364 e. The molecule has 0 spiro atoms. The van der Waals surface area contributed by atoms with Crippen LogP contribution in [0.3, 0.4) is 0 Å². The van der Waals surface area contributed by atoms with Crippen molar-refractivity contribution in [1.29, 1.82) is 0 Å². The van der Waals surface area contributed by atoms with E-state index >= 15 is 0 Å². The lowest BCUT2D eigenvalue weighted by atomic mass is 10.0. The van der Waals surface area contributed by atoms with Crippen molar-refractivity contribution in [1.82, 2.24) is 19.2 Å². The highest BCUT2D eigenvalue weighted by Gasteiger charge is 2.29. The molecule has 0 saturated heterocycles. The molecule has 24 heavy (non-hydrogen) atoms. The highest BCUT2D eigenvalue weighted by atomic mass is 16.2. The standard InChI is InChI=1S/C17H23N5O2/c1-17(2,3)22-8-5-11(9-22)16(24)21-7-6-13-12(10-21)14(15(18)23)19-20(13)4/h5,8-9H,6-7,10H2,1-4H3,(H2,18,23). The average Bonchev–Trinajstić information content (AvgIpc) is 3.11. The smallest absolute Gasteiger partial charge is 0.269 e. The number of hydrogen-bond donors (Lipinski definition) is 1. The van der Waals surface area contributed by atoms with Gasteiger partial charge in [-0.1, -0.05) is 0 Å². The predicted molar refractivity (Wildman–Crippen MR) is 89.6 cm³/mol. The Bertz CT molecular complexity index is 810. The van der Waals surface area contributed by atoms with E-state index in [0.717, 1.165) is 11.3 Å². The number of carbonyl (C=O) groups excluding carboxylic acids is 2. The van der Waals surface area contributed by atoms with Crippen LogP contribution >= 0.6 is 0 Å². The van der Waals surface area contributed by atoms with Gasteiger partial charge in [-0.05, 0) is 26.8 Å².